The van der Waals surface area contributed by atoms with E-state index in [0.717, 1.165) is 17.6 Å². The van der Waals surface area contributed by atoms with Gasteiger partial charge in [-0.05, 0) is 43.2 Å². The third-order valence-corrected chi connectivity index (χ3v) is 4.54. The quantitative estimate of drug-likeness (QED) is 0.480. The molecule has 0 aliphatic rings. The van der Waals surface area contributed by atoms with Gasteiger partial charge in [-0.15, -0.1) is 0 Å². The zero-order valence-corrected chi connectivity index (χ0v) is 15.4. The molecule has 3 aromatic rings. The highest BCUT2D eigenvalue weighted by atomic mass is 19.1. The molecule has 0 amide bonds. The highest BCUT2D eigenvalue weighted by Gasteiger charge is 2.09. The molecule has 2 aromatic carbocycles. The van der Waals surface area contributed by atoms with Gasteiger partial charge in [-0.1, -0.05) is 18.2 Å². The first-order valence-electron chi connectivity index (χ1n) is 8.81. The fourth-order valence-corrected chi connectivity index (χ4v) is 3.14. The van der Waals surface area contributed by atoms with E-state index in [1.54, 1.807) is 13.1 Å². The Hall–Kier alpha value is -3.33. The van der Waals surface area contributed by atoms with Crippen molar-refractivity contribution in [3.8, 4) is 6.07 Å². The number of fused-ring (bicyclic) bond motifs is 1. The summed E-state index contributed by atoms with van der Waals surface area (Å²) in [6, 6.07) is 14.6. The second-order valence-corrected chi connectivity index (χ2v) is 6.29. The Balaban J connectivity index is 1.58. The smallest absolute Gasteiger partial charge is 0.191 e. The molecule has 5 nitrogen and oxygen atoms in total. The Labute approximate surface area is 157 Å². The van der Waals surface area contributed by atoms with Crippen LogP contribution in [0, 0.1) is 24.1 Å². The van der Waals surface area contributed by atoms with E-state index in [-0.39, 0.29) is 12.4 Å². The number of aliphatic imine (C=N–C) groups is 1. The molecule has 1 aromatic heterocycles. The van der Waals surface area contributed by atoms with E-state index in [1.165, 1.54) is 23.1 Å². The molecule has 0 unspecified atom stereocenters. The third kappa shape index (κ3) is 4.26. The lowest BCUT2D eigenvalue weighted by atomic mass is 10.1. The molecule has 0 saturated heterocycles. The fraction of sp³-hybridized carbons (Fsp3) is 0.238. The number of guanidine groups is 1. The van der Waals surface area contributed by atoms with E-state index in [1.807, 2.05) is 18.2 Å². The van der Waals surface area contributed by atoms with Crippen LogP contribution in [-0.4, -0.2) is 24.5 Å². The molecule has 1 heterocycles. The van der Waals surface area contributed by atoms with Gasteiger partial charge in [0.25, 0.3) is 0 Å². The SMILES string of the molecule is CN=C(NCCc1c(C)[nH]c2ccccc12)NCc1cc(C#N)ccc1F. The van der Waals surface area contributed by atoms with Gasteiger partial charge >= 0.3 is 0 Å². The predicted molar refractivity (Wildman–Crippen MR) is 106 cm³/mol. The monoisotopic (exact) mass is 363 g/mol. The van der Waals surface area contributed by atoms with E-state index in [9.17, 15) is 4.39 Å². The lowest BCUT2D eigenvalue weighted by Crippen LogP contribution is -2.38. The molecular weight excluding hydrogens is 341 g/mol. The van der Waals surface area contributed by atoms with Crippen LogP contribution in [0.1, 0.15) is 22.4 Å². The minimum atomic E-state index is -0.341. The molecule has 3 rings (SSSR count). The van der Waals surface area contributed by atoms with Crippen molar-refractivity contribution in [1.82, 2.24) is 15.6 Å². The van der Waals surface area contributed by atoms with Crippen LogP contribution in [0.25, 0.3) is 10.9 Å². The molecule has 27 heavy (non-hydrogen) atoms. The normalized spacial score (nSPS) is 11.4. The van der Waals surface area contributed by atoms with Gasteiger partial charge in [-0.3, -0.25) is 4.99 Å². The van der Waals surface area contributed by atoms with Crippen molar-refractivity contribution >= 4 is 16.9 Å². The number of hydrogen-bond acceptors (Lipinski definition) is 2. The Kier molecular flexibility index (Phi) is 5.72. The number of rotatable bonds is 5. The van der Waals surface area contributed by atoms with Crippen molar-refractivity contribution in [2.75, 3.05) is 13.6 Å². The number of H-pyrrole nitrogens is 1. The van der Waals surface area contributed by atoms with Crippen LogP contribution in [-0.2, 0) is 13.0 Å². The predicted octanol–water partition coefficient (Wildman–Crippen LogP) is 3.39. The first-order valence-corrected chi connectivity index (χ1v) is 8.81. The van der Waals surface area contributed by atoms with E-state index < -0.39 is 0 Å². The number of halogens is 1. The maximum atomic E-state index is 13.9. The molecular formula is C21H22FN5. The van der Waals surface area contributed by atoms with Gasteiger partial charge in [-0.2, -0.15) is 5.26 Å². The fourth-order valence-electron chi connectivity index (χ4n) is 3.14. The largest absolute Gasteiger partial charge is 0.358 e. The molecule has 0 spiro atoms. The van der Waals surface area contributed by atoms with Gasteiger partial charge in [0.2, 0.25) is 0 Å². The van der Waals surface area contributed by atoms with E-state index in [4.69, 9.17) is 5.26 Å². The number of hydrogen-bond donors (Lipinski definition) is 3. The Morgan fingerprint density at radius 2 is 2.04 bits per heavy atom. The van der Waals surface area contributed by atoms with Gasteiger partial charge in [0.1, 0.15) is 5.82 Å². The first-order chi connectivity index (χ1) is 13.1. The highest BCUT2D eigenvalue weighted by Crippen LogP contribution is 2.21. The number of aromatic amines is 1. The first kappa shape index (κ1) is 18.5. The van der Waals surface area contributed by atoms with Crippen LogP contribution in [0.15, 0.2) is 47.5 Å². The average Bonchev–Trinajstić information content (AvgIpc) is 3.01. The summed E-state index contributed by atoms with van der Waals surface area (Å²) < 4.78 is 13.9. The van der Waals surface area contributed by atoms with Crippen LogP contribution in [0.5, 0.6) is 0 Å². The van der Waals surface area contributed by atoms with Crippen LogP contribution >= 0.6 is 0 Å². The lowest BCUT2D eigenvalue weighted by Gasteiger charge is -2.12. The molecule has 3 N–H and O–H groups in total. The molecule has 0 bridgehead atoms. The molecule has 6 heteroatoms. The maximum Gasteiger partial charge on any atom is 0.191 e. The molecule has 138 valence electrons. The van der Waals surface area contributed by atoms with Crippen molar-refractivity contribution in [2.45, 2.75) is 19.9 Å². The summed E-state index contributed by atoms with van der Waals surface area (Å²) in [7, 11) is 1.67. The number of para-hydroxylation sites is 1. The molecule has 0 aliphatic carbocycles. The standard InChI is InChI=1S/C21H22FN5/c1-14-17(18-5-3-4-6-20(18)27-14)9-10-25-21(24-2)26-13-16-11-15(12-23)7-8-19(16)22/h3-8,11,27H,9-10,13H2,1-2H3,(H2,24,25,26). The maximum absolute atomic E-state index is 13.9. The van der Waals surface area contributed by atoms with Crippen LogP contribution in [0.2, 0.25) is 0 Å². The number of aromatic nitrogens is 1. The minimum Gasteiger partial charge on any atom is -0.358 e. The van der Waals surface area contributed by atoms with Crippen LogP contribution < -0.4 is 10.6 Å². The summed E-state index contributed by atoms with van der Waals surface area (Å²) in [4.78, 5) is 7.58. The molecule has 0 fully saturated rings. The zero-order valence-electron chi connectivity index (χ0n) is 15.4. The van der Waals surface area contributed by atoms with Crippen molar-refractivity contribution in [3.63, 3.8) is 0 Å². The second kappa shape index (κ2) is 8.37. The molecule has 0 aliphatic heterocycles. The van der Waals surface area contributed by atoms with Gasteiger partial charge < -0.3 is 15.6 Å². The van der Waals surface area contributed by atoms with Crippen molar-refractivity contribution < 1.29 is 4.39 Å². The summed E-state index contributed by atoms with van der Waals surface area (Å²) in [5.74, 6) is 0.251. The highest BCUT2D eigenvalue weighted by molar-refractivity contribution is 5.84. The summed E-state index contributed by atoms with van der Waals surface area (Å²) >= 11 is 0. The molecule has 0 saturated carbocycles. The average molecular weight is 363 g/mol. The van der Waals surface area contributed by atoms with Crippen molar-refractivity contribution in [2.24, 2.45) is 4.99 Å². The van der Waals surface area contributed by atoms with Crippen molar-refractivity contribution in [3.05, 3.63) is 70.7 Å². The Bertz CT molecular complexity index is 1010. The number of nitriles is 1. The number of benzene rings is 2. The van der Waals surface area contributed by atoms with Gasteiger partial charge in [0, 0.05) is 42.3 Å². The molecule has 0 atom stereocenters. The van der Waals surface area contributed by atoms with Crippen LogP contribution in [0.4, 0.5) is 4.39 Å². The van der Waals surface area contributed by atoms with Crippen molar-refractivity contribution in [1.29, 1.82) is 5.26 Å². The topological polar surface area (TPSA) is 76.0 Å². The number of nitrogens with one attached hydrogen (secondary N) is 3. The second-order valence-electron chi connectivity index (χ2n) is 6.29. The third-order valence-electron chi connectivity index (χ3n) is 4.54. The summed E-state index contributed by atoms with van der Waals surface area (Å²) in [6.45, 7) is 3.03. The minimum absolute atomic E-state index is 0.257. The number of nitrogens with zero attached hydrogens (tertiary/aromatic N) is 2. The summed E-state index contributed by atoms with van der Waals surface area (Å²) in [6.07, 6.45) is 0.842. The zero-order chi connectivity index (χ0) is 19.2. The Morgan fingerprint density at radius 3 is 2.81 bits per heavy atom. The summed E-state index contributed by atoms with van der Waals surface area (Å²) in [5, 5.41) is 16.5. The van der Waals surface area contributed by atoms with Crippen LogP contribution in [0.3, 0.4) is 0 Å². The number of aryl methyl sites for hydroxylation is 1. The van der Waals surface area contributed by atoms with Gasteiger partial charge in [-0.25, -0.2) is 4.39 Å². The van der Waals surface area contributed by atoms with Gasteiger partial charge in [0.05, 0.1) is 11.6 Å². The summed E-state index contributed by atoms with van der Waals surface area (Å²) in [5.41, 5.74) is 4.45. The lowest BCUT2D eigenvalue weighted by molar-refractivity contribution is 0.604. The van der Waals surface area contributed by atoms with E-state index in [2.05, 4.69) is 39.7 Å². The Morgan fingerprint density at radius 1 is 1.22 bits per heavy atom. The van der Waals surface area contributed by atoms with Gasteiger partial charge in [0.15, 0.2) is 5.96 Å². The molecule has 0 radical (unpaired) electrons. The van der Waals surface area contributed by atoms with E-state index >= 15 is 0 Å². The van der Waals surface area contributed by atoms with E-state index in [0.29, 0.717) is 23.6 Å².